The molecule has 1 saturated heterocycles. The standard InChI is InChI=1S/C14H22N2/c1-10-3-5-12(6-4-10)14-7-11(2)16-9-13(14)8-15/h3-6,11,13-14,16H,7-9,15H2,1-2H3. The number of nitrogens with one attached hydrogen (secondary N) is 1. The van der Waals surface area contributed by atoms with Gasteiger partial charge in [-0.1, -0.05) is 29.8 Å². The van der Waals surface area contributed by atoms with Gasteiger partial charge in [-0.25, -0.2) is 0 Å². The van der Waals surface area contributed by atoms with Crippen LogP contribution in [0.5, 0.6) is 0 Å². The maximum Gasteiger partial charge on any atom is 0.00447 e. The summed E-state index contributed by atoms with van der Waals surface area (Å²) < 4.78 is 0. The fourth-order valence-corrected chi connectivity index (χ4v) is 2.62. The molecule has 0 amide bonds. The lowest BCUT2D eigenvalue weighted by atomic mass is 9.78. The number of hydrogen-bond acceptors (Lipinski definition) is 2. The molecule has 0 spiro atoms. The molecule has 1 aliphatic rings. The zero-order valence-corrected chi connectivity index (χ0v) is 10.2. The van der Waals surface area contributed by atoms with E-state index in [1.165, 1.54) is 17.5 Å². The van der Waals surface area contributed by atoms with Crippen molar-refractivity contribution in [1.82, 2.24) is 5.32 Å². The number of rotatable bonds is 2. The Balaban J connectivity index is 2.18. The fraction of sp³-hybridized carbons (Fsp3) is 0.571. The van der Waals surface area contributed by atoms with Gasteiger partial charge in [-0.2, -0.15) is 0 Å². The van der Waals surface area contributed by atoms with Gasteiger partial charge in [0.2, 0.25) is 0 Å². The molecule has 3 N–H and O–H groups in total. The van der Waals surface area contributed by atoms with Crippen LogP contribution in [0.4, 0.5) is 0 Å². The van der Waals surface area contributed by atoms with E-state index < -0.39 is 0 Å². The Morgan fingerprint density at radius 2 is 2.00 bits per heavy atom. The quantitative estimate of drug-likeness (QED) is 0.797. The fourth-order valence-electron chi connectivity index (χ4n) is 2.62. The molecule has 2 heteroatoms. The highest BCUT2D eigenvalue weighted by molar-refractivity contribution is 5.26. The molecule has 3 unspecified atom stereocenters. The lowest BCUT2D eigenvalue weighted by Crippen LogP contribution is -2.44. The van der Waals surface area contributed by atoms with Crippen LogP contribution < -0.4 is 11.1 Å². The summed E-state index contributed by atoms with van der Waals surface area (Å²) >= 11 is 0. The van der Waals surface area contributed by atoms with Gasteiger partial charge >= 0.3 is 0 Å². The molecule has 1 aliphatic heterocycles. The van der Waals surface area contributed by atoms with Crippen molar-refractivity contribution in [2.75, 3.05) is 13.1 Å². The van der Waals surface area contributed by atoms with Crippen molar-refractivity contribution in [1.29, 1.82) is 0 Å². The van der Waals surface area contributed by atoms with Crippen molar-refractivity contribution in [3.63, 3.8) is 0 Å². The third kappa shape index (κ3) is 2.45. The molecule has 1 fully saturated rings. The Kier molecular flexibility index (Phi) is 3.62. The first-order valence-corrected chi connectivity index (χ1v) is 6.20. The Labute approximate surface area is 98.2 Å². The van der Waals surface area contributed by atoms with Crippen molar-refractivity contribution < 1.29 is 0 Å². The second-order valence-corrected chi connectivity index (χ2v) is 5.06. The molecule has 0 aromatic heterocycles. The van der Waals surface area contributed by atoms with E-state index in [0.717, 1.165) is 13.1 Å². The first kappa shape index (κ1) is 11.6. The number of benzene rings is 1. The second kappa shape index (κ2) is 4.98. The third-order valence-electron chi connectivity index (χ3n) is 3.71. The van der Waals surface area contributed by atoms with Gasteiger partial charge in [0.15, 0.2) is 0 Å². The van der Waals surface area contributed by atoms with Crippen molar-refractivity contribution >= 4 is 0 Å². The summed E-state index contributed by atoms with van der Waals surface area (Å²) in [5.74, 6) is 1.21. The van der Waals surface area contributed by atoms with E-state index in [2.05, 4.69) is 43.4 Å². The van der Waals surface area contributed by atoms with E-state index in [0.29, 0.717) is 17.9 Å². The van der Waals surface area contributed by atoms with Gasteiger partial charge in [0.05, 0.1) is 0 Å². The van der Waals surface area contributed by atoms with Crippen LogP contribution in [0.1, 0.15) is 30.4 Å². The topological polar surface area (TPSA) is 38.0 Å². The van der Waals surface area contributed by atoms with Crippen LogP contribution in [-0.2, 0) is 0 Å². The highest BCUT2D eigenvalue weighted by atomic mass is 14.9. The van der Waals surface area contributed by atoms with Gasteiger partial charge in [0.1, 0.15) is 0 Å². The van der Waals surface area contributed by atoms with E-state index in [4.69, 9.17) is 5.73 Å². The van der Waals surface area contributed by atoms with Crippen LogP contribution in [-0.4, -0.2) is 19.1 Å². The smallest absolute Gasteiger partial charge is 0.00447 e. The summed E-state index contributed by atoms with van der Waals surface area (Å²) in [6.45, 7) is 6.22. The van der Waals surface area contributed by atoms with E-state index in [1.54, 1.807) is 0 Å². The lowest BCUT2D eigenvalue weighted by molar-refractivity contribution is 0.285. The van der Waals surface area contributed by atoms with Crippen LogP contribution in [0, 0.1) is 12.8 Å². The number of hydrogen-bond donors (Lipinski definition) is 2. The average molecular weight is 218 g/mol. The highest BCUT2D eigenvalue weighted by Crippen LogP contribution is 2.31. The summed E-state index contributed by atoms with van der Waals surface area (Å²) in [5, 5.41) is 3.51. The molecule has 2 rings (SSSR count). The third-order valence-corrected chi connectivity index (χ3v) is 3.71. The molecular formula is C14H22N2. The first-order valence-electron chi connectivity index (χ1n) is 6.20. The van der Waals surface area contributed by atoms with E-state index in [-0.39, 0.29) is 0 Å². The van der Waals surface area contributed by atoms with Crippen LogP contribution in [0.3, 0.4) is 0 Å². The molecule has 3 atom stereocenters. The Morgan fingerprint density at radius 3 is 2.62 bits per heavy atom. The van der Waals surface area contributed by atoms with Crippen molar-refractivity contribution in [3.8, 4) is 0 Å². The van der Waals surface area contributed by atoms with Crippen LogP contribution in [0.2, 0.25) is 0 Å². The molecule has 2 nitrogen and oxygen atoms in total. The van der Waals surface area contributed by atoms with Gasteiger partial charge in [0, 0.05) is 6.04 Å². The highest BCUT2D eigenvalue weighted by Gasteiger charge is 2.28. The van der Waals surface area contributed by atoms with Gasteiger partial charge < -0.3 is 11.1 Å². The number of aryl methyl sites for hydroxylation is 1. The maximum absolute atomic E-state index is 5.87. The Bertz CT molecular complexity index is 331. The van der Waals surface area contributed by atoms with Gasteiger partial charge in [-0.15, -0.1) is 0 Å². The average Bonchev–Trinajstić information content (AvgIpc) is 2.30. The molecule has 1 aromatic carbocycles. The SMILES string of the molecule is Cc1ccc(C2CC(C)NCC2CN)cc1. The van der Waals surface area contributed by atoms with Crippen LogP contribution in [0.25, 0.3) is 0 Å². The Morgan fingerprint density at radius 1 is 1.31 bits per heavy atom. The van der Waals surface area contributed by atoms with E-state index in [9.17, 15) is 0 Å². The number of piperidine rings is 1. The number of nitrogens with two attached hydrogens (primary N) is 1. The van der Waals surface area contributed by atoms with Gasteiger partial charge in [0.25, 0.3) is 0 Å². The van der Waals surface area contributed by atoms with E-state index >= 15 is 0 Å². The van der Waals surface area contributed by atoms with Crippen molar-refractivity contribution in [2.45, 2.75) is 32.2 Å². The minimum Gasteiger partial charge on any atom is -0.330 e. The van der Waals surface area contributed by atoms with Crippen LogP contribution >= 0.6 is 0 Å². The second-order valence-electron chi connectivity index (χ2n) is 5.06. The summed E-state index contributed by atoms with van der Waals surface area (Å²) in [6, 6.07) is 9.54. The normalized spacial score (nSPS) is 30.3. The van der Waals surface area contributed by atoms with Gasteiger partial charge in [-0.05, 0) is 50.8 Å². The first-order chi connectivity index (χ1) is 7.70. The summed E-state index contributed by atoms with van der Waals surface area (Å²) in [4.78, 5) is 0. The predicted octanol–water partition coefficient (Wildman–Crippen LogP) is 2.04. The lowest BCUT2D eigenvalue weighted by Gasteiger charge is -2.35. The van der Waals surface area contributed by atoms with Crippen LogP contribution in [0.15, 0.2) is 24.3 Å². The molecule has 16 heavy (non-hydrogen) atoms. The van der Waals surface area contributed by atoms with Crippen molar-refractivity contribution in [2.24, 2.45) is 11.7 Å². The monoisotopic (exact) mass is 218 g/mol. The zero-order chi connectivity index (χ0) is 11.5. The predicted molar refractivity (Wildman–Crippen MR) is 68.5 cm³/mol. The molecule has 88 valence electrons. The largest absolute Gasteiger partial charge is 0.330 e. The van der Waals surface area contributed by atoms with E-state index in [1.807, 2.05) is 0 Å². The summed E-state index contributed by atoms with van der Waals surface area (Å²) in [6.07, 6.45) is 1.20. The summed E-state index contributed by atoms with van der Waals surface area (Å²) in [5.41, 5.74) is 8.65. The molecular weight excluding hydrogens is 196 g/mol. The molecule has 0 bridgehead atoms. The molecule has 0 saturated carbocycles. The Hall–Kier alpha value is -0.860. The minimum absolute atomic E-state index is 0.582. The minimum atomic E-state index is 0.582. The van der Waals surface area contributed by atoms with Gasteiger partial charge in [-0.3, -0.25) is 0 Å². The molecule has 0 aliphatic carbocycles. The molecule has 1 heterocycles. The van der Waals surface area contributed by atoms with Crippen molar-refractivity contribution in [3.05, 3.63) is 35.4 Å². The molecule has 1 aromatic rings. The molecule has 0 radical (unpaired) electrons. The zero-order valence-electron chi connectivity index (χ0n) is 10.2. The summed E-state index contributed by atoms with van der Waals surface area (Å²) in [7, 11) is 0. The maximum atomic E-state index is 5.87.